The molecule has 0 heterocycles. The monoisotopic (exact) mass is 344 g/mol. The number of hydrogen-bond donors (Lipinski definition) is 0. The quantitative estimate of drug-likeness (QED) is 0.272. The van der Waals surface area contributed by atoms with Crippen LogP contribution in [0.1, 0.15) is 78.6 Å². The third kappa shape index (κ3) is 12.9. The maximum atomic E-state index is 11.7. The predicted molar refractivity (Wildman–Crippen MR) is 90.4 cm³/mol. The molecule has 0 aliphatic heterocycles. The van der Waals surface area contributed by atoms with Gasteiger partial charge in [-0.05, 0) is 19.3 Å². The topological polar surface area (TPSA) is 78.9 Å². The van der Waals surface area contributed by atoms with Gasteiger partial charge in [0.1, 0.15) is 13.2 Å². The summed E-state index contributed by atoms with van der Waals surface area (Å²) in [6, 6.07) is 0. The largest absolute Gasteiger partial charge is 0.462 e. The minimum atomic E-state index is -0.746. The average molecular weight is 344 g/mol. The Balaban J connectivity index is 4.24. The summed E-state index contributed by atoms with van der Waals surface area (Å²) in [6.45, 7) is 5.68. The van der Waals surface area contributed by atoms with Gasteiger partial charge in [-0.15, -0.1) is 0 Å². The molecule has 1 unspecified atom stereocenters. The molecule has 0 saturated heterocycles. The zero-order chi connectivity index (χ0) is 18.2. The fourth-order valence-electron chi connectivity index (χ4n) is 1.98. The predicted octanol–water partition coefficient (Wildman–Crippen LogP) is 3.56. The SMILES string of the molecule is CCCCCCC(=O)OCC(COC(=O)CCC)OC(=O)CCC. The van der Waals surface area contributed by atoms with Gasteiger partial charge in [0.2, 0.25) is 0 Å². The van der Waals surface area contributed by atoms with Crippen LogP contribution in [0.15, 0.2) is 0 Å². The zero-order valence-electron chi connectivity index (χ0n) is 15.3. The smallest absolute Gasteiger partial charge is 0.306 e. The molecule has 0 spiro atoms. The Morgan fingerprint density at radius 2 is 1.21 bits per heavy atom. The molecule has 0 fully saturated rings. The molecule has 140 valence electrons. The summed E-state index contributed by atoms with van der Waals surface area (Å²) in [5, 5.41) is 0. The summed E-state index contributed by atoms with van der Waals surface area (Å²) < 4.78 is 15.4. The van der Waals surface area contributed by atoms with Crippen LogP contribution in [0.5, 0.6) is 0 Å². The second-order valence-corrected chi connectivity index (χ2v) is 5.79. The minimum absolute atomic E-state index is 0.0819. The first-order valence-electron chi connectivity index (χ1n) is 9.04. The second-order valence-electron chi connectivity index (χ2n) is 5.79. The Morgan fingerprint density at radius 3 is 1.75 bits per heavy atom. The van der Waals surface area contributed by atoms with Crippen LogP contribution in [-0.4, -0.2) is 37.2 Å². The van der Waals surface area contributed by atoms with Crippen molar-refractivity contribution in [3.63, 3.8) is 0 Å². The summed E-state index contributed by atoms with van der Waals surface area (Å²) >= 11 is 0. The fourth-order valence-corrected chi connectivity index (χ4v) is 1.98. The maximum Gasteiger partial charge on any atom is 0.306 e. The molecule has 6 nitrogen and oxygen atoms in total. The molecule has 1 atom stereocenters. The van der Waals surface area contributed by atoms with Gasteiger partial charge in [0.25, 0.3) is 0 Å². The van der Waals surface area contributed by atoms with E-state index >= 15 is 0 Å². The van der Waals surface area contributed by atoms with Crippen molar-refractivity contribution in [1.29, 1.82) is 0 Å². The van der Waals surface area contributed by atoms with E-state index in [0.29, 0.717) is 25.7 Å². The van der Waals surface area contributed by atoms with Crippen LogP contribution in [0.25, 0.3) is 0 Å². The Morgan fingerprint density at radius 1 is 0.667 bits per heavy atom. The van der Waals surface area contributed by atoms with Crippen LogP contribution >= 0.6 is 0 Å². The standard InChI is InChI=1S/C18H32O6/c1-4-7-8-9-12-17(20)23-14-15(24-18(21)11-6-3)13-22-16(19)10-5-2/h15H,4-14H2,1-3H3. The molecule has 0 aliphatic carbocycles. The third-order valence-electron chi connectivity index (χ3n) is 3.30. The maximum absolute atomic E-state index is 11.7. The number of hydrogen-bond acceptors (Lipinski definition) is 6. The summed E-state index contributed by atoms with van der Waals surface area (Å²) in [5.41, 5.74) is 0. The Hall–Kier alpha value is -1.59. The lowest BCUT2D eigenvalue weighted by atomic mass is 10.2. The van der Waals surface area contributed by atoms with Gasteiger partial charge < -0.3 is 14.2 Å². The van der Waals surface area contributed by atoms with Gasteiger partial charge in [-0.25, -0.2) is 0 Å². The second kappa shape index (κ2) is 15.0. The van der Waals surface area contributed by atoms with Crippen molar-refractivity contribution in [2.45, 2.75) is 84.7 Å². The Bertz CT molecular complexity index is 367. The van der Waals surface area contributed by atoms with Gasteiger partial charge in [-0.3, -0.25) is 14.4 Å². The number of esters is 3. The van der Waals surface area contributed by atoms with Gasteiger partial charge in [-0.2, -0.15) is 0 Å². The van der Waals surface area contributed by atoms with E-state index in [4.69, 9.17) is 14.2 Å². The summed E-state index contributed by atoms with van der Waals surface area (Å²) in [6.07, 6.45) is 5.54. The number of carbonyl (C=O) groups excluding carboxylic acids is 3. The molecule has 24 heavy (non-hydrogen) atoms. The van der Waals surface area contributed by atoms with E-state index in [1.165, 1.54) is 0 Å². The number of ether oxygens (including phenoxy) is 3. The summed E-state index contributed by atoms with van der Waals surface area (Å²) in [4.78, 5) is 34.7. The van der Waals surface area contributed by atoms with Gasteiger partial charge >= 0.3 is 17.9 Å². The molecule has 0 N–H and O–H groups in total. The normalized spacial score (nSPS) is 11.6. The molecule has 0 aromatic heterocycles. The third-order valence-corrected chi connectivity index (χ3v) is 3.30. The lowest BCUT2D eigenvalue weighted by molar-refractivity contribution is -0.166. The van der Waals surface area contributed by atoms with Gasteiger partial charge in [-0.1, -0.05) is 40.0 Å². The highest BCUT2D eigenvalue weighted by molar-refractivity contribution is 5.71. The van der Waals surface area contributed by atoms with Crippen molar-refractivity contribution in [2.24, 2.45) is 0 Å². The van der Waals surface area contributed by atoms with E-state index in [2.05, 4.69) is 6.92 Å². The highest BCUT2D eigenvalue weighted by Gasteiger charge is 2.18. The summed E-state index contributed by atoms with van der Waals surface area (Å²) in [7, 11) is 0. The molecular formula is C18H32O6. The van der Waals surface area contributed by atoms with Crippen molar-refractivity contribution in [1.82, 2.24) is 0 Å². The van der Waals surface area contributed by atoms with Crippen LogP contribution in [0.4, 0.5) is 0 Å². The fraction of sp³-hybridized carbons (Fsp3) is 0.833. The average Bonchev–Trinajstić information content (AvgIpc) is 2.54. The first-order chi connectivity index (χ1) is 11.5. The molecule has 0 rings (SSSR count). The highest BCUT2D eigenvalue weighted by Crippen LogP contribution is 2.06. The first-order valence-corrected chi connectivity index (χ1v) is 9.04. The number of rotatable bonds is 14. The zero-order valence-corrected chi connectivity index (χ0v) is 15.3. The van der Waals surface area contributed by atoms with Crippen molar-refractivity contribution in [3.8, 4) is 0 Å². The van der Waals surface area contributed by atoms with Gasteiger partial charge in [0.15, 0.2) is 6.10 Å². The van der Waals surface area contributed by atoms with Gasteiger partial charge in [0.05, 0.1) is 0 Å². The molecular weight excluding hydrogens is 312 g/mol. The van der Waals surface area contributed by atoms with Crippen LogP contribution < -0.4 is 0 Å². The van der Waals surface area contributed by atoms with Crippen LogP contribution in [0, 0.1) is 0 Å². The van der Waals surface area contributed by atoms with E-state index < -0.39 is 6.10 Å². The molecule has 0 radical (unpaired) electrons. The lowest BCUT2D eigenvalue weighted by Gasteiger charge is -2.18. The molecule has 6 heteroatoms. The van der Waals surface area contributed by atoms with E-state index in [1.807, 2.05) is 13.8 Å². The van der Waals surface area contributed by atoms with Crippen molar-refractivity contribution < 1.29 is 28.6 Å². The van der Waals surface area contributed by atoms with E-state index in [0.717, 1.165) is 25.7 Å². The van der Waals surface area contributed by atoms with E-state index in [9.17, 15) is 14.4 Å². The lowest BCUT2D eigenvalue weighted by Crippen LogP contribution is -2.30. The van der Waals surface area contributed by atoms with Crippen LogP contribution in [0.2, 0.25) is 0 Å². The van der Waals surface area contributed by atoms with E-state index in [1.54, 1.807) is 0 Å². The molecule has 0 aliphatic rings. The number of carbonyl (C=O) groups is 3. The molecule has 0 aromatic carbocycles. The first kappa shape index (κ1) is 22.4. The molecule has 0 saturated carbocycles. The Labute approximate surface area is 145 Å². The van der Waals surface area contributed by atoms with Crippen molar-refractivity contribution in [2.75, 3.05) is 13.2 Å². The van der Waals surface area contributed by atoms with Crippen molar-refractivity contribution in [3.05, 3.63) is 0 Å². The van der Waals surface area contributed by atoms with Crippen LogP contribution in [-0.2, 0) is 28.6 Å². The number of unbranched alkanes of at least 4 members (excludes halogenated alkanes) is 3. The molecule has 0 amide bonds. The van der Waals surface area contributed by atoms with Crippen molar-refractivity contribution >= 4 is 17.9 Å². The molecule has 0 bridgehead atoms. The highest BCUT2D eigenvalue weighted by atomic mass is 16.6. The van der Waals surface area contributed by atoms with Crippen LogP contribution in [0.3, 0.4) is 0 Å². The molecule has 0 aromatic rings. The minimum Gasteiger partial charge on any atom is -0.462 e. The van der Waals surface area contributed by atoms with Gasteiger partial charge in [0, 0.05) is 19.3 Å². The Kier molecular flexibility index (Phi) is 14.0. The summed E-state index contributed by atoms with van der Waals surface area (Å²) in [5.74, 6) is -1.05. The van der Waals surface area contributed by atoms with E-state index in [-0.39, 0.29) is 37.5 Å².